The number of aromatic nitrogens is 1. The number of hydrogen-bond donors (Lipinski definition) is 1. The largest absolute Gasteiger partial charge is 0.308 e. The normalized spacial score (nSPS) is 24.1. The Balaban J connectivity index is 1.52. The Bertz CT molecular complexity index is 412. The highest BCUT2D eigenvalue weighted by molar-refractivity contribution is 7.09. The molecule has 0 bridgehead atoms. The summed E-state index contributed by atoms with van der Waals surface area (Å²) in [7, 11) is 0. The molecule has 1 aromatic rings. The molecule has 112 valence electrons. The molecule has 4 heteroatoms. The van der Waals surface area contributed by atoms with Gasteiger partial charge in [-0.2, -0.15) is 0 Å². The fraction of sp³-hybridized carbons (Fsp3) is 0.812. The van der Waals surface area contributed by atoms with Crippen LogP contribution in [0.5, 0.6) is 0 Å². The molecule has 1 N–H and O–H groups in total. The van der Waals surface area contributed by atoms with Gasteiger partial charge < -0.3 is 5.32 Å². The molecule has 0 aromatic carbocycles. The van der Waals surface area contributed by atoms with Crippen LogP contribution in [0.15, 0.2) is 5.38 Å². The van der Waals surface area contributed by atoms with E-state index in [0.29, 0.717) is 0 Å². The minimum Gasteiger partial charge on any atom is -0.308 e. The van der Waals surface area contributed by atoms with Crippen LogP contribution in [-0.4, -0.2) is 28.5 Å². The first-order valence-electron chi connectivity index (χ1n) is 8.26. The highest BCUT2D eigenvalue weighted by Crippen LogP contribution is 2.24. The first-order chi connectivity index (χ1) is 9.85. The fourth-order valence-corrected chi connectivity index (χ4v) is 3.89. The average Bonchev–Trinajstić information content (AvgIpc) is 3.19. The lowest BCUT2D eigenvalue weighted by molar-refractivity contribution is 0.130. The number of rotatable bonds is 7. The maximum Gasteiger partial charge on any atom is 0.107 e. The Morgan fingerprint density at radius 2 is 2.25 bits per heavy atom. The molecular weight excluding hydrogens is 266 g/mol. The monoisotopic (exact) mass is 293 g/mol. The van der Waals surface area contributed by atoms with Gasteiger partial charge in [-0.15, -0.1) is 11.3 Å². The molecule has 1 aliphatic heterocycles. The van der Waals surface area contributed by atoms with E-state index in [1.54, 1.807) is 0 Å². The Morgan fingerprint density at radius 1 is 1.35 bits per heavy atom. The summed E-state index contributed by atoms with van der Waals surface area (Å²) < 4.78 is 0. The molecule has 1 atom stereocenters. The van der Waals surface area contributed by atoms with Crippen molar-refractivity contribution < 1.29 is 0 Å². The topological polar surface area (TPSA) is 28.2 Å². The molecule has 1 saturated heterocycles. The third kappa shape index (κ3) is 4.03. The van der Waals surface area contributed by atoms with Crippen LogP contribution in [0, 0.1) is 0 Å². The van der Waals surface area contributed by atoms with Gasteiger partial charge in [0.05, 0.1) is 5.69 Å². The van der Waals surface area contributed by atoms with Crippen molar-refractivity contribution in [2.75, 3.05) is 6.54 Å². The minimum atomic E-state index is 0.776. The first-order valence-corrected chi connectivity index (χ1v) is 9.14. The lowest BCUT2D eigenvalue weighted by Crippen LogP contribution is -2.38. The Labute approximate surface area is 126 Å². The molecule has 1 aromatic heterocycles. The number of nitrogens with zero attached hydrogens (tertiary/aromatic N) is 2. The maximum atomic E-state index is 4.81. The van der Waals surface area contributed by atoms with Gasteiger partial charge in [0.25, 0.3) is 0 Å². The van der Waals surface area contributed by atoms with Gasteiger partial charge in [-0.1, -0.05) is 19.8 Å². The molecule has 2 heterocycles. The summed E-state index contributed by atoms with van der Waals surface area (Å²) in [6.07, 6.45) is 9.51. The summed E-state index contributed by atoms with van der Waals surface area (Å²) in [5.74, 6) is 0. The summed E-state index contributed by atoms with van der Waals surface area (Å²) in [5.41, 5.74) is 1.28. The quantitative estimate of drug-likeness (QED) is 0.833. The van der Waals surface area contributed by atoms with E-state index in [1.165, 1.54) is 62.2 Å². The molecule has 1 saturated carbocycles. The van der Waals surface area contributed by atoms with Gasteiger partial charge in [0.15, 0.2) is 0 Å². The number of nitrogens with one attached hydrogen (secondary N) is 1. The Morgan fingerprint density at radius 3 is 3.05 bits per heavy atom. The van der Waals surface area contributed by atoms with Gasteiger partial charge in [-0.3, -0.25) is 4.90 Å². The second kappa shape index (κ2) is 7.01. The van der Waals surface area contributed by atoms with E-state index in [1.807, 2.05) is 11.3 Å². The highest BCUT2D eigenvalue weighted by atomic mass is 32.1. The molecule has 1 unspecified atom stereocenters. The Hall–Kier alpha value is -0.450. The molecular formula is C16H27N3S. The van der Waals surface area contributed by atoms with E-state index >= 15 is 0 Å². The molecule has 1 aliphatic carbocycles. The van der Waals surface area contributed by atoms with E-state index < -0.39 is 0 Å². The number of likely N-dealkylation sites (tertiary alicyclic amines) is 1. The van der Waals surface area contributed by atoms with Crippen LogP contribution in [0.4, 0.5) is 0 Å². The molecule has 3 rings (SSSR count). The van der Waals surface area contributed by atoms with Crippen LogP contribution in [0.3, 0.4) is 0 Å². The van der Waals surface area contributed by atoms with Crippen molar-refractivity contribution in [1.82, 2.24) is 15.2 Å². The van der Waals surface area contributed by atoms with E-state index in [4.69, 9.17) is 4.98 Å². The smallest absolute Gasteiger partial charge is 0.107 e. The third-order valence-electron chi connectivity index (χ3n) is 4.45. The molecule has 2 fully saturated rings. The SMILES string of the molecule is CCCC1CCCCN1Cc1csc(CNC2CC2)n1. The third-order valence-corrected chi connectivity index (χ3v) is 5.35. The van der Waals surface area contributed by atoms with Gasteiger partial charge in [0.1, 0.15) is 5.01 Å². The van der Waals surface area contributed by atoms with Gasteiger partial charge in [-0.05, 0) is 38.6 Å². The minimum absolute atomic E-state index is 0.776. The molecule has 20 heavy (non-hydrogen) atoms. The molecule has 0 radical (unpaired) electrons. The summed E-state index contributed by atoms with van der Waals surface area (Å²) in [6.45, 7) is 5.59. The van der Waals surface area contributed by atoms with Crippen molar-refractivity contribution in [2.24, 2.45) is 0 Å². The summed E-state index contributed by atoms with van der Waals surface area (Å²) in [6, 6.07) is 1.57. The maximum absolute atomic E-state index is 4.81. The molecule has 2 aliphatic rings. The second-order valence-corrected chi connectivity index (χ2v) is 7.24. The zero-order chi connectivity index (χ0) is 13.8. The van der Waals surface area contributed by atoms with Gasteiger partial charge in [0, 0.05) is 30.6 Å². The number of piperidine rings is 1. The predicted molar refractivity (Wildman–Crippen MR) is 84.9 cm³/mol. The molecule has 0 amide bonds. The summed E-state index contributed by atoms with van der Waals surface area (Å²) >= 11 is 1.82. The summed E-state index contributed by atoms with van der Waals surface area (Å²) in [4.78, 5) is 7.48. The second-order valence-electron chi connectivity index (χ2n) is 6.30. The average molecular weight is 293 g/mol. The van der Waals surface area contributed by atoms with Crippen LogP contribution in [0.1, 0.15) is 62.6 Å². The van der Waals surface area contributed by atoms with Crippen LogP contribution in [0.2, 0.25) is 0 Å². The molecule has 0 spiro atoms. The van der Waals surface area contributed by atoms with Crippen molar-refractivity contribution >= 4 is 11.3 Å². The zero-order valence-electron chi connectivity index (χ0n) is 12.6. The predicted octanol–water partition coefficient (Wildman–Crippen LogP) is 3.55. The number of hydrogen-bond acceptors (Lipinski definition) is 4. The van der Waals surface area contributed by atoms with Crippen LogP contribution >= 0.6 is 11.3 Å². The fourth-order valence-electron chi connectivity index (χ4n) is 3.16. The van der Waals surface area contributed by atoms with Gasteiger partial charge in [-0.25, -0.2) is 4.98 Å². The van der Waals surface area contributed by atoms with E-state index in [-0.39, 0.29) is 0 Å². The standard InChI is InChI=1S/C16H27N3S/c1-2-5-15-6-3-4-9-19(15)11-14-12-20-16(18-14)10-17-13-7-8-13/h12-13,15,17H,2-11H2,1H3. The van der Waals surface area contributed by atoms with Crippen LogP contribution in [-0.2, 0) is 13.1 Å². The van der Waals surface area contributed by atoms with Crippen LogP contribution < -0.4 is 5.32 Å². The number of thiazole rings is 1. The molecule has 3 nitrogen and oxygen atoms in total. The lowest BCUT2D eigenvalue weighted by Gasteiger charge is -2.35. The highest BCUT2D eigenvalue weighted by Gasteiger charge is 2.23. The first kappa shape index (κ1) is 14.5. The van der Waals surface area contributed by atoms with Gasteiger partial charge >= 0.3 is 0 Å². The van der Waals surface area contributed by atoms with Crippen molar-refractivity contribution in [2.45, 2.75) is 77.0 Å². The van der Waals surface area contributed by atoms with Crippen molar-refractivity contribution in [3.05, 3.63) is 16.1 Å². The van der Waals surface area contributed by atoms with Crippen molar-refractivity contribution in [3.63, 3.8) is 0 Å². The van der Waals surface area contributed by atoms with E-state index in [2.05, 4.69) is 22.5 Å². The van der Waals surface area contributed by atoms with Crippen molar-refractivity contribution in [3.8, 4) is 0 Å². The lowest BCUT2D eigenvalue weighted by atomic mass is 9.98. The van der Waals surface area contributed by atoms with E-state index in [9.17, 15) is 0 Å². The van der Waals surface area contributed by atoms with Crippen LogP contribution in [0.25, 0.3) is 0 Å². The zero-order valence-corrected chi connectivity index (χ0v) is 13.4. The van der Waals surface area contributed by atoms with Gasteiger partial charge in [0.2, 0.25) is 0 Å². The Kier molecular flexibility index (Phi) is 5.08. The van der Waals surface area contributed by atoms with Crippen molar-refractivity contribution in [1.29, 1.82) is 0 Å². The van der Waals surface area contributed by atoms with E-state index in [0.717, 1.165) is 25.2 Å². The summed E-state index contributed by atoms with van der Waals surface area (Å²) in [5, 5.41) is 7.08.